The zero-order chi connectivity index (χ0) is 15.0. The Morgan fingerprint density at radius 1 is 1.50 bits per heavy atom. The first-order chi connectivity index (χ1) is 9.52. The number of nitrogen functional groups attached to an aromatic ring is 1. The maximum Gasteiger partial charge on any atom is 0.224 e. The summed E-state index contributed by atoms with van der Waals surface area (Å²) in [5.41, 5.74) is 6.72. The second-order valence-corrected chi connectivity index (χ2v) is 5.01. The fraction of sp³-hybridized carbons (Fsp3) is 0.429. The highest BCUT2D eigenvalue weighted by atomic mass is 35.5. The van der Waals surface area contributed by atoms with E-state index in [1.807, 2.05) is 11.9 Å². The highest BCUT2D eigenvalue weighted by molar-refractivity contribution is 6.34. The SMILES string of the molecule is CN(CCC#N)CCCC(=O)Nc1ccc(N)cc1Cl. The minimum atomic E-state index is -0.0784. The fourth-order valence-corrected chi connectivity index (χ4v) is 1.94. The number of nitrogens with one attached hydrogen (secondary N) is 1. The van der Waals surface area contributed by atoms with Crippen LogP contribution in [0, 0.1) is 11.3 Å². The normalized spacial score (nSPS) is 10.3. The molecular weight excluding hydrogens is 276 g/mol. The Morgan fingerprint density at radius 2 is 2.25 bits per heavy atom. The number of nitrogens with two attached hydrogens (primary N) is 1. The van der Waals surface area contributed by atoms with E-state index in [4.69, 9.17) is 22.6 Å². The molecule has 6 heteroatoms. The molecule has 1 rings (SSSR count). The summed E-state index contributed by atoms with van der Waals surface area (Å²) in [5.74, 6) is -0.0784. The largest absolute Gasteiger partial charge is 0.399 e. The van der Waals surface area contributed by atoms with E-state index in [0.29, 0.717) is 29.2 Å². The second kappa shape index (κ2) is 8.41. The summed E-state index contributed by atoms with van der Waals surface area (Å²) in [5, 5.41) is 11.7. The van der Waals surface area contributed by atoms with Crippen LogP contribution < -0.4 is 11.1 Å². The highest BCUT2D eigenvalue weighted by Crippen LogP contribution is 2.24. The molecule has 1 aromatic carbocycles. The summed E-state index contributed by atoms with van der Waals surface area (Å²) in [6.45, 7) is 1.51. The van der Waals surface area contributed by atoms with Gasteiger partial charge in [0.1, 0.15) is 0 Å². The smallest absolute Gasteiger partial charge is 0.224 e. The Bertz CT molecular complexity index is 498. The number of halogens is 1. The Labute approximate surface area is 124 Å². The molecule has 0 aliphatic rings. The van der Waals surface area contributed by atoms with E-state index in [0.717, 1.165) is 19.5 Å². The highest BCUT2D eigenvalue weighted by Gasteiger charge is 2.07. The van der Waals surface area contributed by atoms with Crippen molar-refractivity contribution in [3.8, 4) is 6.07 Å². The van der Waals surface area contributed by atoms with Crippen molar-refractivity contribution < 1.29 is 4.79 Å². The van der Waals surface area contributed by atoms with Gasteiger partial charge in [0, 0.05) is 25.1 Å². The van der Waals surface area contributed by atoms with Gasteiger partial charge in [-0.2, -0.15) is 5.26 Å². The number of carbonyl (C=O) groups is 1. The quantitative estimate of drug-likeness (QED) is 0.757. The lowest BCUT2D eigenvalue weighted by Gasteiger charge is -2.14. The van der Waals surface area contributed by atoms with Crippen LogP contribution in [0.2, 0.25) is 5.02 Å². The number of benzene rings is 1. The predicted octanol–water partition coefficient (Wildman–Crippen LogP) is 2.49. The van der Waals surface area contributed by atoms with Gasteiger partial charge in [0.2, 0.25) is 5.91 Å². The lowest BCUT2D eigenvalue weighted by atomic mass is 10.2. The zero-order valence-corrected chi connectivity index (χ0v) is 12.3. The van der Waals surface area contributed by atoms with Crippen molar-refractivity contribution in [2.24, 2.45) is 0 Å². The summed E-state index contributed by atoms with van der Waals surface area (Å²) in [6.07, 6.45) is 1.65. The summed E-state index contributed by atoms with van der Waals surface area (Å²) in [6, 6.07) is 7.08. The number of nitriles is 1. The molecule has 20 heavy (non-hydrogen) atoms. The van der Waals surface area contributed by atoms with E-state index in [9.17, 15) is 4.79 Å². The van der Waals surface area contributed by atoms with E-state index < -0.39 is 0 Å². The van der Waals surface area contributed by atoms with Crippen LogP contribution in [0.15, 0.2) is 18.2 Å². The van der Waals surface area contributed by atoms with Gasteiger partial charge in [0.15, 0.2) is 0 Å². The number of carbonyl (C=O) groups excluding carboxylic acids is 1. The van der Waals surface area contributed by atoms with E-state index in [1.54, 1.807) is 18.2 Å². The van der Waals surface area contributed by atoms with Gasteiger partial charge in [0.05, 0.1) is 16.8 Å². The molecule has 0 saturated heterocycles. The van der Waals surface area contributed by atoms with Gasteiger partial charge in [-0.15, -0.1) is 0 Å². The molecule has 0 aliphatic carbocycles. The van der Waals surface area contributed by atoms with Crippen LogP contribution in [0.4, 0.5) is 11.4 Å². The van der Waals surface area contributed by atoms with E-state index in [-0.39, 0.29) is 5.91 Å². The topological polar surface area (TPSA) is 82.2 Å². The molecular formula is C14H19ClN4O. The Hall–Kier alpha value is -1.77. The van der Waals surface area contributed by atoms with Gasteiger partial charge in [-0.05, 0) is 38.2 Å². The first-order valence-electron chi connectivity index (χ1n) is 6.43. The number of amides is 1. The lowest BCUT2D eigenvalue weighted by Crippen LogP contribution is -2.22. The van der Waals surface area contributed by atoms with Crippen molar-refractivity contribution in [2.75, 3.05) is 31.2 Å². The molecule has 0 spiro atoms. The van der Waals surface area contributed by atoms with Crippen molar-refractivity contribution in [1.82, 2.24) is 4.90 Å². The van der Waals surface area contributed by atoms with Crippen LogP contribution in [0.25, 0.3) is 0 Å². The van der Waals surface area contributed by atoms with Crippen molar-refractivity contribution in [3.05, 3.63) is 23.2 Å². The van der Waals surface area contributed by atoms with Gasteiger partial charge in [-0.1, -0.05) is 11.6 Å². The van der Waals surface area contributed by atoms with Crippen LogP contribution in [-0.2, 0) is 4.79 Å². The number of hydrogen-bond acceptors (Lipinski definition) is 4. The number of hydrogen-bond donors (Lipinski definition) is 2. The summed E-state index contributed by atoms with van der Waals surface area (Å²) < 4.78 is 0. The van der Waals surface area contributed by atoms with Crippen LogP contribution in [0.3, 0.4) is 0 Å². The maximum atomic E-state index is 11.8. The molecule has 1 amide bonds. The van der Waals surface area contributed by atoms with Gasteiger partial charge in [-0.3, -0.25) is 4.79 Å². The Morgan fingerprint density at radius 3 is 2.90 bits per heavy atom. The van der Waals surface area contributed by atoms with Crippen LogP contribution in [0.1, 0.15) is 19.3 Å². The third-order valence-corrected chi connectivity index (χ3v) is 3.13. The average molecular weight is 295 g/mol. The average Bonchev–Trinajstić information content (AvgIpc) is 2.39. The molecule has 0 atom stereocenters. The van der Waals surface area contributed by atoms with E-state index >= 15 is 0 Å². The van der Waals surface area contributed by atoms with E-state index in [2.05, 4.69) is 11.4 Å². The molecule has 0 fully saturated rings. The number of anilines is 2. The second-order valence-electron chi connectivity index (χ2n) is 4.60. The minimum absolute atomic E-state index is 0.0784. The molecule has 3 N–H and O–H groups in total. The molecule has 0 radical (unpaired) electrons. The van der Waals surface area contributed by atoms with Crippen LogP contribution >= 0.6 is 11.6 Å². The predicted molar refractivity (Wildman–Crippen MR) is 81.5 cm³/mol. The molecule has 1 aromatic rings. The van der Waals surface area contributed by atoms with E-state index in [1.165, 1.54) is 0 Å². The van der Waals surface area contributed by atoms with Crippen molar-refractivity contribution in [2.45, 2.75) is 19.3 Å². The van der Waals surface area contributed by atoms with Crippen molar-refractivity contribution in [3.63, 3.8) is 0 Å². The lowest BCUT2D eigenvalue weighted by molar-refractivity contribution is -0.116. The minimum Gasteiger partial charge on any atom is -0.399 e. The monoisotopic (exact) mass is 294 g/mol. The molecule has 0 bridgehead atoms. The standard InChI is InChI=1S/C14H19ClN4O/c1-19(9-3-7-16)8-2-4-14(20)18-13-6-5-11(17)10-12(13)15/h5-6,10H,2-4,8-9,17H2,1H3,(H,18,20). The molecule has 0 heterocycles. The summed E-state index contributed by atoms with van der Waals surface area (Å²) in [4.78, 5) is 13.8. The first-order valence-corrected chi connectivity index (χ1v) is 6.81. The van der Waals surface area contributed by atoms with Gasteiger partial charge < -0.3 is 16.0 Å². The Balaban J connectivity index is 2.32. The fourth-order valence-electron chi connectivity index (χ4n) is 1.71. The maximum absolute atomic E-state index is 11.8. The number of rotatable bonds is 7. The Kier molecular flexibility index (Phi) is 6.85. The summed E-state index contributed by atoms with van der Waals surface area (Å²) in [7, 11) is 1.94. The van der Waals surface area contributed by atoms with Gasteiger partial charge in [0.25, 0.3) is 0 Å². The van der Waals surface area contributed by atoms with Crippen LogP contribution in [0.5, 0.6) is 0 Å². The molecule has 0 unspecified atom stereocenters. The molecule has 0 saturated carbocycles. The van der Waals surface area contributed by atoms with Crippen LogP contribution in [-0.4, -0.2) is 30.9 Å². The first kappa shape index (κ1) is 16.3. The molecule has 5 nitrogen and oxygen atoms in total. The van der Waals surface area contributed by atoms with Crippen molar-refractivity contribution >= 4 is 28.9 Å². The third kappa shape index (κ3) is 5.91. The van der Waals surface area contributed by atoms with Crippen molar-refractivity contribution in [1.29, 1.82) is 5.26 Å². The summed E-state index contributed by atoms with van der Waals surface area (Å²) >= 11 is 5.98. The van der Waals surface area contributed by atoms with Gasteiger partial charge >= 0.3 is 0 Å². The van der Waals surface area contributed by atoms with Gasteiger partial charge in [-0.25, -0.2) is 0 Å². The molecule has 108 valence electrons. The zero-order valence-electron chi connectivity index (χ0n) is 11.5. The molecule has 0 aromatic heterocycles. The number of nitrogens with zero attached hydrogens (tertiary/aromatic N) is 2. The molecule has 0 aliphatic heterocycles. The third-order valence-electron chi connectivity index (χ3n) is 2.82.